The van der Waals surface area contributed by atoms with Crippen molar-refractivity contribution in [3.8, 4) is 11.3 Å². The molecule has 3 aromatic rings. The highest BCUT2D eigenvalue weighted by Gasteiger charge is 2.18. The van der Waals surface area contributed by atoms with Crippen LogP contribution in [-0.2, 0) is 6.42 Å². The average molecular weight is 375 g/mol. The summed E-state index contributed by atoms with van der Waals surface area (Å²) >= 11 is 12.7. The van der Waals surface area contributed by atoms with Crippen LogP contribution in [0.2, 0.25) is 10.0 Å². The van der Waals surface area contributed by atoms with Gasteiger partial charge in [-0.2, -0.15) is 0 Å². The van der Waals surface area contributed by atoms with Crippen LogP contribution >= 0.6 is 23.2 Å². The number of halogens is 2. The molecule has 0 aliphatic rings. The predicted octanol–water partition coefficient (Wildman–Crippen LogP) is 6.55. The third-order valence-electron chi connectivity index (χ3n) is 4.67. The normalized spacial score (nSPS) is 11.6. The van der Waals surface area contributed by atoms with Crippen molar-refractivity contribution >= 4 is 34.1 Å². The predicted molar refractivity (Wildman–Crippen MR) is 110 cm³/mol. The highest BCUT2D eigenvalue weighted by molar-refractivity contribution is 6.35. The summed E-state index contributed by atoms with van der Waals surface area (Å²) in [6.45, 7) is 5.15. The van der Waals surface area contributed by atoms with Crippen LogP contribution in [-0.4, -0.2) is 11.5 Å². The summed E-state index contributed by atoms with van der Waals surface area (Å²) in [6, 6.07) is 12.1. The van der Waals surface area contributed by atoms with Gasteiger partial charge in [0.25, 0.3) is 0 Å². The fourth-order valence-corrected chi connectivity index (χ4v) is 3.79. The fourth-order valence-electron chi connectivity index (χ4n) is 3.40. The van der Waals surface area contributed by atoms with E-state index in [1.54, 1.807) is 0 Å². The Bertz CT molecular complexity index is 881. The molecule has 3 N–H and O–H groups in total. The molecule has 2 aromatic carbocycles. The SMILES string of the molecule is CC(C)c1cccc2c(CCCCN)c(-c3cc(Cl)ccc3Cl)[nH]c12. The van der Waals surface area contributed by atoms with Gasteiger partial charge in [-0.15, -0.1) is 0 Å². The van der Waals surface area contributed by atoms with Gasteiger partial charge < -0.3 is 10.7 Å². The minimum Gasteiger partial charge on any atom is -0.354 e. The van der Waals surface area contributed by atoms with E-state index in [1.807, 2.05) is 18.2 Å². The maximum absolute atomic E-state index is 6.50. The second-order valence-corrected chi connectivity index (χ2v) is 7.62. The summed E-state index contributed by atoms with van der Waals surface area (Å²) in [5.74, 6) is 0.446. The van der Waals surface area contributed by atoms with Gasteiger partial charge in [-0.3, -0.25) is 0 Å². The first-order valence-corrected chi connectivity index (χ1v) is 9.57. The quantitative estimate of drug-likeness (QED) is 0.472. The van der Waals surface area contributed by atoms with Crippen molar-refractivity contribution in [3.05, 3.63) is 57.6 Å². The van der Waals surface area contributed by atoms with Gasteiger partial charge in [-0.05, 0) is 61.1 Å². The molecule has 0 spiro atoms. The molecule has 3 rings (SSSR count). The number of para-hydroxylation sites is 1. The third kappa shape index (κ3) is 3.72. The topological polar surface area (TPSA) is 41.8 Å². The average Bonchev–Trinajstić information content (AvgIpc) is 2.95. The van der Waals surface area contributed by atoms with E-state index in [4.69, 9.17) is 28.9 Å². The first-order chi connectivity index (χ1) is 12.0. The number of hydrogen-bond acceptors (Lipinski definition) is 1. The second-order valence-electron chi connectivity index (χ2n) is 6.77. The van der Waals surface area contributed by atoms with Gasteiger partial charge in [-0.25, -0.2) is 0 Å². The van der Waals surface area contributed by atoms with E-state index in [1.165, 1.54) is 22.0 Å². The maximum atomic E-state index is 6.50. The van der Waals surface area contributed by atoms with Crippen molar-refractivity contribution < 1.29 is 0 Å². The van der Waals surface area contributed by atoms with E-state index in [0.29, 0.717) is 22.5 Å². The standard InChI is InChI=1S/C21H24Cl2N2/c1-13(2)15-7-5-8-17-16(6-3-4-11-24)21(25-20(15)17)18-12-14(22)9-10-19(18)23/h5,7-10,12-13,25H,3-4,6,11,24H2,1-2H3. The zero-order chi connectivity index (χ0) is 18.0. The molecule has 0 aliphatic heterocycles. The summed E-state index contributed by atoms with van der Waals surface area (Å²) in [6.07, 6.45) is 3.04. The molecule has 0 fully saturated rings. The molecule has 0 unspecified atom stereocenters. The Kier molecular flexibility index (Phi) is 5.73. The Hall–Kier alpha value is -1.48. The maximum Gasteiger partial charge on any atom is 0.0513 e. The number of H-pyrrole nitrogens is 1. The molecule has 0 atom stereocenters. The molecular formula is C21H24Cl2N2. The Labute approximate surface area is 159 Å². The van der Waals surface area contributed by atoms with Gasteiger partial charge in [0.15, 0.2) is 0 Å². The third-order valence-corrected chi connectivity index (χ3v) is 5.24. The molecule has 1 aromatic heterocycles. The summed E-state index contributed by atoms with van der Waals surface area (Å²) in [7, 11) is 0. The highest BCUT2D eigenvalue weighted by Crippen LogP contribution is 2.38. The number of hydrogen-bond donors (Lipinski definition) is 2. The largest absolute Gasteiger partial charge is 0.354 e. The molecule has 0 saturated carbocycles. The lowest BCUT2D eigenvalue weighted by Gasteiger charge is -2.08. The van der Waals surface area contributed by atoms with Crippen molar-refractivity contribution in [2.75, 3.05) is 6.54 Å². The summed E-state index contributed by atoms with van der Waals surface area (Å²) in [5.41, 5.74) is 11.6. The van der Waals surface area contributed by atoms with Gasteiger partial charge in [0, 0.05) is 26.5 Å². The fraction of sp³-hybridized carbons (Fsp3) is 0.333. The molecule has 25 heavy (non-hydrogen) atoms. The van der Waals surface area contributed by atoms with Crippen LogP contribution in [0.3, 0.4) is 0 Å². The van der Waals surface area contributed by atoms with E-state index < -0.39 is 0 Å². The number of fused-ring (bicyclic) bond motifs is 1. The van der Waals surface area contributed by atoms with Crippen LogP contribution in [0, 0.1) is 0 Å². The molecule has 4 heteroatoms. The summed E-state index contributed by atoms with van der Waals surface area (Å²) in [4.78, 5) is 3.65. The zero-order valence-corrected chi connectivity index (χ0v) is 16.2. The zero-order valence-electron chi connectivity index (χ0n) is 14.7. The van der Waals surface area contributed by atoms with Crippen LogP contribution in [0.1, 0.15) is 43.7 Å². The number of aromatic amines is 1. The number of aromatic nitrogens is 1. The van der Waals surface area contributed by atoms with E-state index in [0.717, 1.165) is 30.5 Å². The van der Waals surface area contributed by atoms with Crippen LogP contribution in [0.25, 0.3) is 22.2 Å². The highest BCUT2D eigenvalue weighted by atomic mass is 35.5. The van der Waals surface area contributed by atoms with E-state index in [9.17, 15) is 0 Å². The smallest absolute Gasteiger partial charge is 0.0513 e. The van der Waals surface area contributed by atoms with Gasteiger partial charge in [0.05, 0.1) is 5.69 Å². The molecule has 2 nitrogen and oxygen atoms in total. The van der Waals surface area contributed by atoms with E-state index in [2.05, 4.69) is 37.0 Å². The summed E-state index contributed by atoms with van der Waals surface area (Å²) < 4.78 is 0. The minimum absolute atomic E-state index is 0.446. The second kappa shape index (κ2) is 7.82. The Morgan fingerprint density at radius 2 is 1.88 bits per heavy atom. The molecule has 0 saturated heterocycles. The molecular weight excluding hydrogens is 351 g/mol. The van der Waals surface area contributed by atoms with Gasteiger partial charge in [-0.1, -0.05) is 55.2 Å². The molecule has 0 aliphatic carbocycles. The van der Waals surface area contributed by atoms with Gasteiger partial charge in [0.1, 0.15) is 0 Å². The van der Waals surface area contributed by atoms with E-state index >= 15 is 0 Å². The van der Waals surface area contributed by atoms with Crippen molar-refractivity contribution in [1.82, 2.24) is 4.98 Å². The van der Waals surface area contributed by atoms with Gasteiger partial charge >= 0.3 is 0 Å². The number of nitrogens with one attached hydrogen (secondary N) is 1. The molecule has 1 heterocycles. The number of aryl methyl sites for hydroxylation is 1. The van der Waals surface area contributed by atoms with Crippen molar-refractivity contribution in [2.24, 2.45) is 5.73 Å². The number of benzene rings is 2. The van der Waals surface area contributed by atoms with Crippen LogP contribution in [0.15, 0.2) is 36.4 Å². The summed E-state index contributed by atoms with van der Waals surface area (Å²) in [5, 5.41) is 2.67. The minimum atomic E-state index is 0.446. The van der Waals surface area contributed by atoms with Crippen LogP contribution < -0.4 is 5.73 Å². The van der Waals surface area contributed by atoms with E-state index in [-0.39, 0.29) is 0 Å². The Morgan fingerprint density at radius 1 is 1.08 bits per heavy atom. The van der Waals surface area contributed by atoms with Crippen LogP contribution in [0.5, 0.6) is 0 Å². The lowest BCUT2D eigenvalue weighted by atomic mass is 9.96. The van der Waals surface area contributed by atoms with Crippen molar-refractivity contribution in [1.29, 1.82) is 0 Å². The Balaban J connectivity index is 2.23. The van der Waals surface area contributed by atoms with Crippen molar-refractivity contribution in [2.45, 2.75) is 39.0 Å². The lowest BCUT2D eigenvalue weighted by molar-refractivity contribution is 0.748. The Morgan fingerprint density at radius 3 is 2.60 bits per heavy atom. The monoisotopic (exact) mass is 374 g/mol. The number of unbranched alkanes of at least 4 members (excludes halogenated alkanes) is 1. The lowest BCUT2D eigenvalue weighted by Crippen LogP contribution is -1.99. The molecule has 132 valence electrons. The first-order valence-electron chi connectivity index (χ1n) is 8.82. The first kappa shape index (κ1) is 18.3. The van der Waals surface area contributed by atoms with Gasteiger partial charge in [0.2, 0.25) is 0 Å². The van der Waals surface area contributed by atoms with Crippen LogP contribution in [0.4, 0.5) is 0 Å². The number of nitrogens with two attached hydrogens (primary N) is 1. The molecule has 0 bridgehead atoms. The molecule has 0 amide bonds. The van der Waals surface area contributed by atoms with Crippen molar-refractivity contribution in [3.63, 3.8) is 0 Å². The number of rotatable bonds is 6. The molecule has 0 radical (unpaired) electrons.